The van der Waals surface area contributed by atoms with E-state index in [-0.39, 0.29) is 0 Å². The van der Waals surface area contributed by atoms with Crippen LogP contribution in [0.5, 0.6) is 0 Å². The van der Waals surface area contributed by atoms with E-state index >= 15 is 0 Å². The molecular formula is C10H5NOS2. The number of carbonyl (C=O) groups excluding carboxylic acids is 1. The van der Waals surface area contributed by atoms with Crippen LogP contribution in [0.1, 0.15) is 15.9 Å². The lowest BCUT2D eigenvalue weighted by molar-refractivity contribution is 0.112. The van der Waals surface area contributed by atoms with Gasteiger partial charge >= 0.3 is 0 Å². The lowest BCUT2D eigenvalue weighted by Crippen LogP contribution is -1.89. The van der Waals surface area contributed by atoms with Crippen molar-refractivity contribution in [3.8, 4) is 6.07 Å². The van der Waals surface area contributed by atoms with Crippen molar-refractivity contribution in [3.63, 3.8) is 0 Å². The van der Waals surface area contributed by atoms with E-state index < -0.39 is 0 Å². The molecule has 0 amide bonds. The van der Waals surface area contributed by atoms with Crippen LogP contribution in [0.2, 0.25) is 0 Å². The number of carbonyl (C=O) groups is 1. The number of thiophene rings is 1. The standard InChI is InChI=1S/C10H5NOS2/c11-4-8-7(5-12)3-6-1-2-14-10(6)9(8)13/h1-3,5,13H. The number of hydrogen-bond donors (Lipinski definition) is 1. The Morgan fingerprint density at radius 2 is 2.36 bits per heavy atom. The molecule has 0 aliphatic rings. The fourth-order valence-electron chi connectivity index (χ4n) is 1.33. The Morgan fingerprint density at radius 1 is 1.57 bits per heavy atom. The number of rotatable bonds is 1. The molecule has 2 nitrogen and oxygen atoms in total. The first-order valence-corrected chi connectivity index (χ1v) is 5.19. The van der Waals surface area contributed by atoms with E-state index in [0.29, 0.717) is 22.3 Å². The Bertz CT molecular complexity index is 551. The summed E-state index contributed by atoms with van der Waals surface area (Å²) in [6.45, 7) is 0. The molecule has 0 aliphatic carbocycles. The summed E-state index contributed by atoms with van der Waals surface area (Å²) in [6.07, 6.45) is 0.690. The van der Waals surface area contributed by atoms with Crippen molar-refractivity contribution in [2.24, 2.45) is 0 Å². The van der Waals surface area contributed by atoms with Gasteiger partial charge in [0.2, 0.25) is 0 Å². The highest BCUT2D eigenvalue weighted by Gasteiger charge is 2.10. The van der Waals surface area contributed by atoms with E-state index in [9.17, 15) is 4.79 Å². The molecule has 0 bridgehead atoms. The van der Waals surface area contributed by atoms with Crippen LogP contribution in [-0.2, 0) is 0 Å². The minimum absolute atomic E-state index is 0.360. The van der Waals surface area contributed by atoms with Crippen molar-refractivity contribution in [1.29, 1.82) is 5.26 Å². The maximum atomic E-state index is 10.7. The molecule has 0 atom stereocenters. The zero-order valence-corrected chi connectivity index (χ0v) is 8.73. The van der Waals surface area contributed by atoms with Gasteiger partial charge < -0.3 is 0 Å². The van der Waals surface area contributed by atoms with Crippen LogP contribution >= 0.6 is 24.0 Å². The molecule has 0 radical (unpaired) electrons. The lowest BCUT2D eigenvalue weighted by Gasteiger charge is -2.01. The van der Waals surface area contributed by atoms with Crippen molar-refractivity contribution in [1.82, 2.24) is 0 Å². The third kappa shape index (κ3) is 1.22. The quantitative estimate of drug-likeness (QED) is 0.592. The van der Waals surface area contributed by atoms with E-state index in [1.807, 2.05) is 17.5 Å². The van der Waals surface area contributed by atoms with E-state index in [0.717, 1.165) is 10.1 Å². The van der Waals surface area contributed by atoms with Gasteiger partial charge in [0.15, 0.2) is 6.29 Å². The number of nitriles is 1. The fraction of sp³-hybridized carbons (Fsp3) is 0. The second-order valence-corrected chi connectivity index (χ2v) is 4.12. The van der Waals surface area contributed by atoms with Gasteiger partial charge in [0.1, 0.15) is 6.07 Å². The molecule has 1 aromatic carbocycles. The summed E-state index contributed by atoms with van der Waals surface area (Å²) in [5, 5.41) is 11.8. The van der Waals surface area contributed by atoms with Crippen molar-refractivity contribution in [2.75, 3.05) is 0 Å². The topological polar surface area (TPSA) is 40.9 Å². The Labute approximate surface area is 90.2 Å². The predicted octanol–water partition coefficient (Wildman–Crippen LogP) is 2.87. The molecule has 2 aromatic rings. The van der Waals surface area contributed by atoms with Gasteiger partial charge in [-0.05, 0) is 22.9 Å². The van der Waals surface area contributed by atoms with Gasteiger partial charge in [-0.1, -0.05) is 0 Å². The second kappa shape index (κ2) is 3.45. The van der Waals surface area contributed by atoms with Crippen LogP contribution in [0.3, 0.4) is 0 Å². The third-order valence-corrected chi connectivity index (χ3v) is 3.53. The first-order valence-electron chi connectivity index (χ1n) is 3.86. The molecule has 0 unspecified atom stereocenters. The highest BCUT2D eigenvalue weighted by atomic mass is 32.1. The second-order valence-electron chi connectivity index (χ2n) is 2.76. The summed E-state index contributed by atoms with van der Waals surface area (Å²) in [6, 6.07) is 5.63. The smallest absolute Gasteiger partial charge is 0.151 e. The van der Waals surface area contributed by atoms with Crippen LogP contribution in [0.25, 0.3) is 10.1 Å². The molecule has 4 heteroatoms. The molecule has 1 heterocycles. The summed E-state index contributed by atoms with van der Waals surface area (Å²) >= 11 is 5.78. The van der Waals surface area contributed by atoms with E-state index in [4.69, 9.17) is 5.26 Å². The van der Waals surface area contributed by atoms with Crippen molar-refractivity contribution in [3.05, 3.63) is 28.6 Å². The Hall–Kier alpha value is -1.31. The molecule has 0 N–H and O–H groups in total. The number of hydrogen-bond acceptors (Lipinski definition) is 4. The molecule has 0 fully saturated rings. The van der Waals surface area contributed by atoms with Crippen molar-refractivity contribution < 1.29 is 4.79 Å². The maximum Gasteiger partial charge on any atom is 0.151 e. The summed E-state index contributed by atoms with van der Waals surface area (Å²) < 4.78 is 0.954. The van der Waals surface area contributed by atoms with Crippen LogP contribution in [0, 0.1) is 11.3 Å². The lowest BCUT2D eigenvalue weighted by atomic mass is 10.1. The van der Waals surface area contributed by atoms with Gasteiger partial charge in [-0.25, -0.2) is 0 Å². The Kier molecular flexibility index (Phi) is 2.28. The van der Waals surface area contributed by atoms with Gasteiger partial charge in [0.05, 0.1) is 5.56 Å². The Balaban J connectivity index is 2.94. The van der Waals surface area contributed by atoms with Crippen molar-refractivity contribution in [2.45, 2.75) is 4.90 Å². The molecule has 14 heavy (non-hydrogen) atoms. The first-order chi connectivity index (χ1) is 6.77. The molecule has 0 saturated heterocycles. The number of aldehydes is 1. The van der Waals surface area contributed by atoms with Gasteiger partial charge in [-0.2, -0.15) is 5.26 Å². The van der Waals surface area contributed by atoms with Crippen LogP contribution in [0.4, 0.5) is 0 Å². The molecular weight excluding hydrogens is 214 g/mol. The number of fused-ring (bicyclic) bond motifs is 1. The van der Waals surface area contributed by atoms with E-state index in [1.165, 1.54) is 11.3 Å². The average Bonchev–Trinajstić information content (AvgIpc) is 2.65. The average molecular weight is 219 g/mol. The summed E-state index contributed by atoms with van der Waals surface area (Å²) in [7, 11) is 0. The molecule has 2 rings (SSSR count). The normalized spacial score (nSPS) is 10.0. The van der Waals surface area contributed by atoms with Crippen LogP contribution in [-0.4, -0.2) is 6.29 Å². The molecule has 0 aliphatic heterocycles. The Morgan fingerprint density at radius 3 is 3.00 bits per heavy atom. The predicted molar refractivity (Wildman–Crippen MR) is 59.2 cm³/mol. The van der Waals surface area contributed by atoms with Crippen molar-refractivity contribution >= 4 is 40.3 Å². The number of benzene rings is 1. The highest BCUT2D eigenvalue weighted by molar-refractivity contribution is 7.80. The van der Waals surface area contributed by atoms with Gasteiger partial charge in [0.25, 0.3) is 0 Å². The van der Waals surface area contributed by atoms with Gasteiger partial charge in [-0.15, -0.1) is 24.0 Å². The van der Waals surface area contributed by atoms with Gasteiger partial charge in [-0.3, -0.25) is 4.79 Å². The molecule has 0 spiro atoms. The largest absolute Gasteiger partial charge is 0.298 e. The van der Waals surface area contributed by atoms with Crippen LogP contribution < -0.4 is 0 Å². The zero-order valence-electron chi connectivity index (χ0n) is 7.02. The molecule has 68 valence electrons. The molecule has 0 saturated carbocycles. The summed E-state index contributed by atoms with van der Waals surface area (Å²) in [4.78, 5) is 11.3. The fourth-order valence-corrected chi connectivity index (χ4v) is 2.62. The minimum Gasteiger partial charge on any atom is -0.298 e. The third-order valence-electron chi connectivity index (χ3n) is 1.99. The summed E-state index contributed by atoms with van der Waals surface area (Å²) in [5.41, 5.74) is 0.765. The monoisotopic (exact) mass is 219 g/mol. The number of nitrogens with zero attached hydrogens (tertiary/aromatic N) is 1. The van der Waals surface area contributed by atoms with E-state index in [2.05, 4.69) is 12.6 Å². The zero-order chi connectivity index (χ0) is 10.1. The SMILES string of the molecule is N#Cc1c(C=O)cc2ccsc2c1S. The van der Waals surface area contributed by atoms with E-state index in [1.54, 1.807) is 6.07 Å². The molecule has 1 aromatic heterocycles. The maximum absolute atomic E-state index is 10.7. The highest BCUT2D eigenvalue weighted by Crippen LogP contribution is 2.31. The van der Waals surface area contributed by atoms with Crippen LogP contribution in [0.15, 0.2) is 22.4 Å². The first kappa shape index (κ1) is 9.25. The number of thiol groups is 1. The van der Waals surface area contributed by atoms with Gasteiger partial charge in [0, 0.05) is 15.2 Å². The summed E-state index contributed by atoms with van der Waals surface area (Å²) in [5.74, 6) is 0. The minimum atomic E-state index is 0.360.